The first-order valence-electron chi connectivity index (χ1n) is 5.29. The maximum absolute atomic E-state index is 10.9. The highest BCUT2D eigenvalue weighted by Gasteiger charge is 2.16. The average Bonchev–Trinajstić information content (AvgIpc) is 2.31. The van der Waals surface area contributed by atoms with Crippen LogP contribution >= 0.6 is 34.8 Å². The monoisotopic (exact) mass is 315 g/mol. The summed E-state index contributed by atoms with van der Waals surface area (Å²) in [6.45, 7) is 0. The van der Waals surface area contributed by atoms with E-state index in [0.29, 0.717) is 31.9 Å². The van der Waals surface area contributed by atoms with Crippen molar-refractivity contribution in [2.24, 2.45) is 0 Å². The van der Waals surface area contributed by atoms with Crippen molar-refractivity contribution in [3.05, 3.63) is 51.2 Å². The lowest BCUT2D eigenvalue weighted by atomic mass is 10.0. The normalized spacial score (nSPS) is 10.5. The van der Waals surface area contributed by atoms with Gasteiger partial charge in [-0.25, -0.2) is 0 Å². The minimum Gasteiger partial charge on any atom is -0.481 e. The Morgan fingerprint density at radius 2 is 1.84 bits per heavy atom. The number of hydrogen-bond acceptors (Lipinski definition) is 2. The van der Waals surface area contributed by atoms with E-state index in [1.165, 1.54) is 6.20 Å². The van der Waals surface area contributed by atoms with Gasteiger partial charge in [-0.05, 0) is 18.2 Å². The molecule has 0 bridgehead atoms. The quantitative estimate of drug-likeness (QED) is 0.916. The fraction of sp³-hybridized carbons (Fsp3) is 0.0769. The molecule has 1 N–H and O–H groups in total. The number of carboxylic acid groups (broad SMARTS) is 1. The van der Waals surface area contributed by atoms with Gasteiger partial charge in [0.2, 0.25) is 0 Å². The summed E-state index contributed by atoms with van der Waals surface area (Å²) in [7, 11) is 0. The molecule has 2 aromatic rings. The third-order valence-electron chi connectivity index (χ3n) is 2.49. The van der Waals surface area contributed by atoms with E-state index >= 15 is 0 Å². The largest absolute Gasteiger partial charge is 0.481 e. The fourth-order valence-electron chi connectivity index (χ4n) is 1.72. The highest BCUT2D eigenvalue weighted by atomic mass is 35.5. The Labute approximate surface area is 124 Å². The van der Waals surface area contributed by atoms with Crippen LogP contribution in [0.5, 0.6) is 0 Å². The number of rotatable bonds is 3. The van der Waals surface area contributed by atoms with Gasteiger partial charge in [0.25, 0.3) is 0 Å². The molecule has 2 rings (SSSR count). The molecule has 0 aliphatic heterocycles. The number of benzene rings is 1. The molecule has 1 aromatic carbocycles. The first-order chi connectivity index (χ1) is 8.99. The Morgan fingerprint density at radius 1 is 1.21 bits per heavy atom. The van der Waals surface area contributed by atoms with Crippen molar-refractivity contribution in [3.63, 3.8) is 0 Å². The van der Waals surface area contributed by atoms with Gasteiger partial charge in [-0.2, -0.15) is 0 Å². The summed E-state index contributed by atoms with van der Waals surface area (Å²) < 4.78 is 0. The molecule has 0 aliphatic rings. The molecule has 98 valence electrons. The van der Waals surface area contributed by atoms with Crippen molar-refractivity contribution in [2.75, 3.05) is 0 Å². The van der Waals surface area contributed by atoms with Crippen LogP contribution in [0.25, 0.3) is 11.1 Å². The average molecular weight is 317 g/mol. The zero-order valence-corrected chi connectivity index (χ0v) is 11.8. The molecular weight excluding hydrogens is 309 g/mol. The van der Waals surface area contributed by atoms with Crippen LogP contribution in [-0.2, 0) is 11.2 Å². The topological polar surface area (TPSA) is 50.2 Å². The van der Waals surface area contributed by atoms with Crippen LogP contribution < -0.4 is 0 Å². The number of hydrogen-bond donors (Lipinski definition) is 1. The van der Waals surface area contributed by atoms with Crippen LogP contribution in [0.3, 0.4) is 0 Å². The maximum Gasteiger partial charge on any atom is 0.309 e. The highest BCUT2D eigenvalue weighted by molar-refractivity contribution is 6.39. The van der Waals surface area contributed by atoms with Crippen molar-refractivity contribution < 1.29 is 9.90 Å². The molecule has 1 aromatic heterocycles. The van der Waals surface area contributed by atoms with Gasteiger partial charge in [0.05, 0.1) is 17.1 Å². The molecule has 0 atom stereocenters. The number of aromatic nitrogens is 1. The zero-order chi connectivity index (χ0) is 14.0. The first kappa shape index (κ1) is 14.1. The van der Waals surface area contributed by atoms with Gasteiger partial charge in [0.1, 0.15) is 0 Å². The number of nitrogens with zero attached hydrogens (tertiary/aromatic N) is 1. The van der Waals surface area contributed by atoms with E-state index in [9.17, 15) is 4.79 Å². The zero-order valence-electron chi connectivity index (χ0n) is 9.53. The predicted octanol–water partition coefficient (Wildman–Crippen LogP) is 4.34. The van der Waals surface area contributed by atoms with Crippen molar-refractivity contribution in [3.8, 4) is 11.1 Å². The second-order valence-corrected chi connectivity index (χ2v) is 5.07. The van der Waals surface area contributed by atoms with Crippen LogP contribution in [-0.4, -0.2) is 16.1 Å². The summed E-state index contributed by atoms with van der Waals surface area (Å²) in [5.41, 5.74) is 1.44. The lowest BCUT2D eigenvalue weighted by molar-refractivity contribution is -0.136. The number of aliphatic carboxylic acids is 1. The van der Waals surface area contributed by atoms with Crippen LogP contribution in [0.4, 0.5) is 0 Å². The van der Waals surface area contributed by atoms with E-state index in [0.717, 1.165) is 0 Å². The summed E-state index contributed by atoms with van der Waals surface area (Å²) in [5, 5.41) is 10.1. The van der Waals surface area contributed by atoms with Gasteiger partial charge >= 0.3 is 5.97 Å². The predicted molar refractivity (Wildman–Crippen MR) is 76.0 cm³/mol. The van der Waals surface area contributed by atoms with Gasteiger partial charge in [0, 0.05) is 27.4 Å². The van der Waals surface area contributed by atoms with Crippen molar-refractivity contribution in [1.29, 1.82) is 0 Å². The van der Waals surface area contributed by atoms with Crippen LogP contribution in [0.15, 0.2) is 30.5 Å². The lowest BCUT2D eigenvalue weighted by Gasteiger charge is -2.11. The van der Waals surface area contributed by atoms with Gasteiger partial charge in [0.15, 0.2) is 0 Å². The minimum atomic E-state index is -0.987. The van der Waals surface area contributed by atoms with E-state index in [1.54, 1.807) is 24.3 Å². The number of pyridine rings is 1. The Hall–Kier alpha value is -1.29. The van der Waals surface area contributed by atoms with Crippen LogP contribution in [0, 0.1) is 0 Å². The molecule has 19 heavy (non-hydrogen) atoms. The minimum absolute atomic E-state index is 0.228. The Kier molecular flexibility index (Phi) is 4.30. The van der Waals surface area contributed by atoms with Crippen molar-refractivity contribution >= 4 is 40.8 Å². The molecule has 6 heteroatoms. The summed E-state index contributed by atoms with van der Waals surface area (Å²) in [4.78, 5) is 14.9. The summed E-state index contributed by atoms with van der Waals surface area (Å²) >= 11 is 18.2. The third kappa shape index (κ3) is 3.18. The summed E-state index contributed by atoms with van der Waals surface area (Å²) in [6.07, 6.45) is 1.17. The van der Waals surface area contributed by atoms with E-state index in [-0.39, 0.29) is 6.42 Å². The van der Waals surface area contributed by atoms with Crippen molar-refractivity contribution in [1.82, 2.24) is 4.98 Å². The molecule has 1 heterocycles. The van der Waals surface area contributed by atoms with E-state index in [2.05, 4.69) is 4.98 Å². The van der Waals surface area contributed by atoms with Gasteiger partial charge in [-0.3, -0.25) is 9.78 Å². The van der Waals surface area contributed by atoms with Crippen LogP contribution in [0.2, 0.25) is 15.1 Å². The molecule has 0 spiro atoms. The maximum atomic E-state index is 10.9. The molecule has 0 radical (unpaired) electrons. The van der Waals surface area contributed by atoms with E-state index in [1.807, 2.05) is 0 Å². The Morgan fingerprint density at radius 3 is 2.42 bits per heavy atom. The van der Waals surface area contributed by atoms with E-state index in [4.69, 9.17) is 39.9 Å². The standard InChI is InChI=1S/C13H8Cl3NO2/c14-7-4-8(11(17-6-7)5-12(18)19)13-9(15)2-1-3-10(13)16/h1-4,6H,5H2,(H,18,19). The fourth-order valence-corrected chi connectivity index (χ4v) is 2.48. The first-order valence-corrected chi connectivity index (χ1v) is 6.43. The van der Waals surface area contributed by atoms with Gasteiger partial charge in [-0.1, -0.05) is 40.9 Å². The van der Waals surface area contributed by atoms with Crippen molar-refractivity contribution in [2.45, 2.75) is 6.42 Å². The number of carboxylic acids is 1. The SMILES string of the molecule is O=C(O)Cc1ncc(Cl)cc1-c1c(Cl)cccc1Cl. The second kappa shape index (κ2) is 5.78. The molecule has 0 saturated carbocycles. The Bertz CT molecular complexity index is 624. The summed E-state index contributed by atoms with van der Waals surface area (Å²) in [5.74, 6) is -0.987. The lowest BCUT2D eigenvalue weighted by Crippen LogP contribution is -2.04. The molecule has 0 saturated heterocycles. The van der Waals surface area contributed by atoms with Gasteiger partial charge in [-0.15, -0.1) is 0 Å². The number of halogens is 3. The third-order valence-corrected chi connectivity index (χ3v) is 3.32. The number of carbonyl (C=O) groups is 1. The second-order valence-electron chi connectivity index (χ2n) is 3.81. The molecule has 0 amide bonds. The molecule has 3 nitrogen and oxygen atoms in total. The van der Waals surface area contributed by atoms with E-state index < -0.39 is 5.97 Å². The Balaban J connectivity index is 2.66. The smallest absolute Gasteiger partial charge is 0.309 e. The van der Waals surface area contributed by atoms with Gasteiger partial charge < -0.3 is 5.11 Å². The summed E-state index contributed by atoms with van der Waals surface area (Å²) in [6, 6.07) is 6.67. The molecule has 0 unspecified atom stereocenters. The van der Waals surface area contributed by atoms with Crippen LogP contribution in [0.1, 0.15) is 5.69 Å². The molecule has 0 aliphatic carbocycles. The highest BCUT2D eigenvalue weighted by Crippen LogP contribution is 2.37. The molecular formula is C13H8Cl3NO2. The molecule has 0 fully saturated rings.